The normalized spacial score (nSPS) is 19.9. The second kappa shape index (κ2) is 3.33. The molecule has 1 unspecified atom stereocenters. The van der Waals surface area contributed by atoms with E-state index in [-0.39, 0.29) is 0 Å². The van der Waals surface area contributed by atoms with Gasteiger partial charge in [0.05, 0.1) is 0 Å². The molecule has 1 aliphatic carbocycles. The number of benzene rings is 1. The first kappa shape index (κ1) is 8.49. The Labute approximate surface area is 78.8 Å². The first-order chi connectivity index (χ1) is 6.31. The number of hydrogen-bond acceptors (Lipinski definition) is 1. The van der Waals surface area contributed by atoms with Gasteiger partial charge < -0.3 is 4.79 Å². The van der Waals surface area contributed by atoms with E-state index in [1.54, 1.807) is 0 Å². The van der Waals surface area contributed by atoms with Crippen molar-refractivity contribution < 1.29 is 4.79 Å². The van der Waals surface area contributed by atoms with Crippen molar-refractivity contribution in [1.29, 1.82) is 0 Å². The zero-order valence-electron chi connectivity index (χ0n) is 7.92. The fraction of sp³-hybridized carbons (Fsp3) is 0.417. The van der Waals surface area contributed by atoms with Gasteiger partial charge in [-0.1, -0.05) is 23.8 Å². The summed E-state index contributed by atoms with van der Waals surface area (Å²) in [7, 11) is 0. The molecular weight excluding hydrogens is 160 g/mol. The molecule has 0 aliphatic heterocycles. The molecule has 0 heterocycles. The van der Waals surface area contributed by atoms with Crippen molar-refractivity contribution in [3.05, 3.63) is 34.9 Å². The second-order valence-corrected chi connectivity index (χ2v) is 3.84. The maximum atomic E-state index is 10.5. The van der Waals surface area contributed by atoms with E-state index < -0.39 is 0 Å². The van der Waals surface area contributed by atoms with Gasteiger partial charge in [-0.25, -0.2) is 0 Å². The second-order valence-electron chi connectivity index (χ2n) is 3.84. The van der Waals surface area contributed by atoms with Crippen LogP contribution in [0.4, 0.5) is 0 Å². The van der Waals surface area contributed by atoms with Crippen molar-refractivity contribution in [3.8, 4) is 0 Å². The van der Waals surface area contributed by atoms with E-state index in [1.807, 2.05) is 0 Å². The van der Waals surface area contributed by atoms with E-state index >= 15 is 0 Å². The Morgan fingerprint density at radius 2 is 2.38 bits per heavy atom. The summed E-state index contributed by atoms with van der Waals surface area (Å²) in [6.07, 6.45) is 4.03. The summed E-state index contributed by atoms with van der Waals surface area (Å²) in [4.78, 5) is 10.5. The molecule has 0 amide bonds. The van der Waals surface area contributed by atoms with Gasteiger partial charge in [0.15, 0.2) is 0 Å². The van der Waals surface area contributed by atoms with Crippen LogP contribution in [-0.2, 0) is 11.2 Å². The van der Waals surface area contributed by atoms with E-state index in [4.69, 9.17) is 0 Å². The Morgan fingerprint density at radius 1 is 1.54 bits per heavy atom. The van der Waals surface area contributed by atoms with Gasteiger partial charge in [-0.3, -0.25) is 0 Å². The zero-order chi connectivity index (χ0) is 9.26. The number of carbonyl (C=O) groups is 1. The molecule has 1 nitrogen and oxygen atoms in total. The van der Waals surface area contributed by atoms with Crippen LogP contribution in [0.3, 0.4) is 0 Å². The quantitative estimate of drug-likeness (QED) is 0.630. The largest absolute Gasteiger partial charge is 0.303 e. The summed E-state index contributed by atoms with van der Waals surface area (Å²) in [5, 5.41) is 0. The van der Waals surface area contributed by atoms with Crippen LogP contribution in [0.15, 0.2) is 18.2 Å². The van der Waals surface area contributed by atoms with Gasteiger partial charge in [0, 0.05) is 6.42 Å². The molecule has 0 bridgehead atoms. The Balaban J connectivity index is 2.34. The van der Waals surface area contributed by atoms with Gasteiger partial charge in [-0.2, -0.15) is 0 Å². The lowest BCUT2D eigenvalue weighted by Crippen LogP contribution is -1.94. The van der Waals surface area contributed by atoms with E-state index in [0.717, 1.165) is 19.1 Å². The summed E-state index contributed by atoms with van der Waals surface area (Å²) in [6.45, 7) is 2.11. The summed E-state index contributed by atoms with van der Waals surface area (Å²) >= 11 is 0. The average Bonchev–Trinajstić information content (AvgIpc) is 2.49. The molecular formula is C12H14O. The van der Waals surface area contributed by atoms with Crippen LogP contribution in [0.5, 0.6) is 0 Å². The Morgan fingerprint density at radius 3 is 3.15 bits per heavy atom. The van der Waals surface area contributed by atoms with Crippen LogP contribution in [-0.4, -0.2) is 6.29 Å². The van der Waals surface area contributed by atoms with E-state index in [0.29, 0.717) is 12.3 Å². The number of carbonyl (C=O) groups excluding carboxylic acids is 1. The van der Waals surface area contributed by atoms with Crippen LogP contribution in [0.1, 0.15) is 35.4 Å². The lowest BCUT2D eigenvalue weighted by atomic mass is 9.97. The Kier molecular flexibility index (Phi) is 2.17. The molecule has 0 saturated heterocycles. The molecule has 1 aromatic rings. The molecule has 2 rings (SSSR count). The van der Waals surface area contributed by atoms with Crippen molar-refractivity contribution >= 4 is 6.29 Å². The van der Waals surface area contributed by atoms with Gasteiger partial charge in [0.25, 0.3) is 0 Å². The fourth-order valence-corrected chi connectivity index (χ4v) is 2.17. The SMILES string of the molecule is Cc1ccc2c(c1)C(CC=O)CC2. The predicted octanol–water partition coefficient (Wildman–Crippen LogP) is 2.61. The zero-order valence-corrected chi connectivity index (χ0v) is 7.92. The predicted molar refractivity (Wildman–Crippen MR) is 52.9 cm³/mol. The number of aryl methyl sites for hydroxylation is 2. The molecule has 0 spiro atoms. The Hall–Kier alpha value is -1.11. The van der Waals surface area contributed by atoms with Crippen LogP contribution in [0.25, 0.3) is 0 Å². The maximum Gasteiger partial charge on any atom is 0.120 e. The number of rotatable bonds is 2. The summed E-state index contributed by atoms with van der Waals surface area (Å²) < 4.78 is 0. The standard InChI is InChI=1S/C12H14O/c1-9-2-3-10-4-5-11(6-7-13)12(10)8-9/h2-3,7-8,11H,4-6H2,1H3. The molecule has 0 radical (unpaired) electrons. The lowest BCUT2D eigenvalue weighted by Gasteiger charge is -2.07. The summed E-state index contributed by atoms with van der Waals surface area (Å²) in [5.74, 6) is 0.493. The van der Waals surface area contributed by atoms with Crippen LogP contribution >= 0.6 is 0 Å². The fourth-order valence-electron chi connectivity index (χ4n) is 2.17. The molecule has 1 heteroatoms. The van der Waals surface area contributed by atoms with E-state index in [2.05, 4.69) is 25.1 Å². The minimum Gasteiger partial charge on any atom is -0.303 e. The lowest BCUT2D eigenvalue weighted by molar-refractivity contribution is -0.108. The van der Waals surface area contributed by atoms with Crippen LogP contribution in [0.2, 0.25) is 0 Å². The smallest absolute Gasteiger partial charge is 0.120 e. The Bertz CT molecular complexity index is 328. The van der Waals surface area contributed by atoms with Gasteiger partial charge in [0.2, 0.25) is 0 Å². The van der Waals surface area contributed by atoms with Gasteiger partial charge in [-0.05, 0) is 36.8 Å². The molecule has 1 aromatic carbocycles. The molecule has 0 saturated carbocycles. The topological polar surface area (TPSA) is 17.1 Å². The number of aldehydes is 1. The van der Waals surface area contributed by atoms with Crippen LogP contribution in [0, 0.1) is 6.92 Å². The number of fused-ring (bicyclic) bond motifs is 1. The van der Waals surface area contributed by atoms with Gasteiger partial charge in [0.1, 0.15) is 6.29 Å². The third-order valence-corrected chi connectivity index (χ3v) is 2.88. The molecule has 1 atom stereocenters. The highest BCUT2D eigenvalue weighted by molar-refractivity contribution is 5.53. The minimum absolute atomic E-state index is 0.493. The van der Waals surface area contributed by atoms with Gasteiger partial charge in [-0.15, -0.1) is 0 Å². The first-order valence-corrected chi connectivity index (χ1v) is 4.84. The minimum atomic E-state index is 0.493. The first-order valence-electron chi connectivity index (χ1n) is 4.84. The number of hydrogen-bond donors (Lipinski definition) is 0. The summed E-state index contributed by atoms with van der Waals surface area (Å²) in [6, 6.07) is 6.59. The van der Waals surface area contributed by atoms with Gasteiger partial charge >= 0.3 is 0 Å². The maximum absolute atomic E-state index is 10.5. The molecule has 13 heavy (non-hydrogen) atoms. The van der Waals surface area contributed by atoms with E-state index in [9.17, 15) is 4.79 Å². The molecule has 0 aromatic heterocycles. The van der Waals surface area contributed by atoms with Crippen LogP contribution < -0.4 is 0 Å². The third-order valence-electron chi connectivity index (χ3n) is 2.88. The highest BCUT2D eigenvalue weighted by atomic mass is 16.1. The molecule has 0 fully saturated rings. The molecule has 1 aliphatic rings. The molecule has 0 N–H and O–H groups in total. The van der Waals surface area contributed by atoms with E-state index in [1.165, 1.54) is 16.7 Å². The third kappa shape index (κ3) is 1.51. The monoisotopic (exact) mass is 174 g/mol. The highest BCUT2D eigenvalue weighted by Crippen LogP contribution is 2.35. The van der Waals surface area contributed by atoms with Crippen molar-refractivity contribution in [2.45, 2.75) is 32.1 Å². The summed E-state index contributed by atoms with van der Waals surface area (Å²) in [5.41, 5.74) is 4.15. The van der Waals surface area contributed by atoms with Crippen molar-refractivity contribution in [2.24, 2.45) is 0 Å². The molecule has 68 valence electrons. The average molecular weight is 174 g/mol. The van der Waals surface area contributed by atoms with Crippen molar-refractivity contribution in [1.82, 2.24) is 0 Å². The highest BCUT2D eigenvalue weighted by Gasteiger charge is 2.21. The van der Waals surface area contributed by atoms with Crippen molar-refractivity contribution in [2.75, 3.05) is 0 Å². The van der Waals surface area contributed by atoms with Crippen molar-refractivity contribution in [3.63, 3.8) is 0 Å².